The average molecular weight is 227 g/mol. The fraction of sp³-hybridized carbons (Fsp3) is 0.364. The van der Waals surface area contributed by atoms with Gasteiger partial charge in [-0.1, -0.05) is 17.7 Å². The number of carbonyl (C=O) groups excluding carboxylic acids is 1. The topological polar surface area (TPSA) is 41.1 Å². The molecular formula is C11H15ClN2O. The summed E-state index contributed by atoms with van der Waals surface area (Å²) in [7, 11) is 0. The highest BCUT2D eigenvalue weighted by molar-refractivity contribution is 6.31. The highest BCUT2D eigenvalue weighted by atomic mass is 35.5. The SMILES string of the molecule is CC(=O)NCCNc1cccc(Cl)c1C. The molecule has 3 nitrogen and oxygen atoms in total. The summed E-state index contributed by atoms with van der Waals surface area (Å²) in [6, 6.07) is 5.72. The first kappa shape index (κ1) is 11.9. The molecule has 1 aromatic rings. The van der Waals surface area contributed by atoms with Crippen LogP contribution in [0.15, 0.2) is 18.2 Å². The van der Waals surface area contributed by atoms with Gasteiger partial charge in [0.1, 0.15) is 0 Å². The van der Waals surface area contributed by atoms with E-state index in [1.807, 2.05) is 25.1 Å². The summed E-state index contributed by atoms with van der Waals surface area (Å²) in [5, 5.41) is 6.67. The fourth-order valence-corrected chi connectivity index (χ4v) is 1.41. The van der Waals surface area contributed by atoms with Crippen molar-refractivity contribution < 1.29 is 4.79 Å². The monoisotopic (exact) mass is 226 g/mol. The van der Waals surface area contributed by atoms with E-state index >= 15 is 0 Å². The van der Waals surface area contributed by atoms with Crippen LogP contribution in [0.2, 0.25) is 5.02 Å². The van der Waals surface area contributed by atoms with Gasteiger partial charge in [-0.05, 0) is 24.6 Å². The van der Waals surface area contributed by atoms with Gasteiger partial charge in [0.2, 0.25) is 5.91 Å². The van der Waals surface area contributed by atoms with E-state index in [-0.39, 0.29) is 5.91 Å². The van der Waals surface area contributed by atoms with Crippen LogP contribution >= 0.6 is 11.6 Å². The zero-order valence-electron chi connectivity index (χ0n) is 8.93. The third kappa shape index (κ3) is 3.80. The van der Waals surface area contributed by atoms with Crippen molar-refractivity contribution in [2.75, 3.05) is 18.4 Å². The van der Waals surface area contributed by atoms with Gasteiger partial charge in [0, 0.05) is 30.7 Å². The number of anilines is 1. The lowest BCUT2D eigenvalue weighted by Crippen LogP contribution is -2.26. The van der Waals surface area contributed by atoms with Gasteiger partial charge >= 0.3 is 0 Å². The number of rotatable bonds is 4. The van der Waals surface area contributed by atoms with E-state index in [0.717, 1.165) is 16.3 Å². The summed E-state index contributed by atoms with van der Waals surface area (Å²) < 4.78 is 0. The van der Waals surface area contributed by atoms with Crippen LogP contribution in [0.1, 0.15) is 12.5 Å². The average Bonchev–Trinajstić information content (AvgIpc) is 2.18. The number of carbonyl (C=O) groups is 1. The lowest BCUT2D eigenvalue weighted by Gasteiger charge is -2.10. The quantitative estimate of drug-likeness (QED) is 0.773. The van der Waals surface area contributed by atoms with Crippen LogP contribution in [0.25, 0.3) is 0 Å². The highest BCUT2D eigenvalue weighted by Crippen LogP contribution is 2.22. The second-order valence-corrected chi connectivity index (χ2v) is 3.73. The standard InChI is InChI=1S/C11H15ClN2O/c1-8-10(12)4-3-5-11(8)14-7-6-13-9(2)15/h3-5,14H,6-7H2,1-2H3,(H,13,15). The van der Waals surface area contributed by atoms with Gasteiger partial charge in [-0.2, -0.15) is 0 Å². The number of hydrogen-bond donors (Lipinski definition) is 2. The van der Waals surface area contributed by atoms with Gasteiger partial charge in [0.25, 0.3) is 0 Å². The molecule has 0 fully saturated rings. The van der Waals surface area contributed by atoms with Crippen LogP contribution in [0.5, 0.6) is 0 Å². The van der Waals surface area contributed by atoms with Crippen LogP contribution < -0.4 is 10.6 Å². The van der Waals surface area contributed by atoms with E-state index in [9.17, 15) is 4.79 Å². The van der Waals surface area contributed by atoms with Crippen LogP contribution in [0.4, 0.5) is 5.69 Å². The van der Waals surface area contributed by atoms with Gasteiger partial charge in [-0.3, -0.25) is 4.79 Å². The second kappa shape index (κ2) is 5.61. The Bertz CT molecular complexity index is 352. The van der Waals surface area contributed by atoms with Gasteiger partial charge < -0.3 is 10.6 Å². The van der Waals surface area contributed by atoms with Gasteiger partial charge in [0.15, 0.2) is 0 Å². The molecule has 0 spiro atoms. The Morgan fingerprint density at radius 2 is 2.13 bits per heavy atom. The molecule has 1 rings (SSSR count). The van der Waals surface area contributed by atoms with E-state index in [2.05, 4.69) is 10.6 Å². The molecule has 0 radical (unpaired) electrons. The van der Waals surface area contributed by atoms with Crippen molar-refractivity contribution in [3.05, 3.63) is 28.8 Å². The first-order chi connectivity index (χ1) is 7.11. The van der Waals surface area contributed by atoms with Crippen molar-refractivity contribution in [1.29, 1.82) is 0 Å². The molecule has 0 aromatic heterocycles. The van der Waals surface area contributed by atoms with Crippen molar-refractivity contribution >= 4 is 23.2 Å². The van der Waals surface area contributed by atoms with Crippen LogP contribution in [0.3, 0.4) is 0 Å². The Balaban J connectivity index is 2.44. The summed E-state index contributed by atoms with van der Waals surface area (Å²) in [5.74, 6) is -0.0142. The molecule has 4 heteroatoms. The highest BCUT2D eigenvalue weighted by Gasteiger charge is 2.00. The van der Waals surface area contributed by atoms with Crippen molar-refractivity contribution in [1.82, 2.24) is 5.32 Å². The predicted molar refractivity (Wildman–Crippen MR) is 63.4 cm³/mol. The number of amides is 1. The molecule has 0 atom stereocenters. The Hall–Kier alpha value is -1.22. The van der Waals surface area contributed by atoms with Crippen molar-refractivity contribution in [2.24, 2.45) is 0 Å². The van der Waals surface area contributed by atoms with Crippen LogP contribution in [0, 0.1) is 6.92 Å². The largest absolute Gasteiger partial charge is 0.383 e. The Labute approximate surface area is 94.8 Å². The minimum absolute atomic E-state index is 0.0142. The molecule has 0 aliphatic heterocycles. The molecule has 0 bridgehead atoms. The summed E-state index contributed by atoms with van der Waals surface area (Å²) in [5.41, 5.74) is 2.04. The first-order valence-corrected chi connectivity index (χ1v) is 5.22. The summed E-state index contributed by atoms with van der Waals surface area (Å²) in [6.45, 7) is 4.77. The molecule has 2 N–H and O–H groups in total. The van der Waals surface area contributed by atoms with Gasteiger partial charge in [-0.15, -0.1) is 0 Å². The molecule has 0 saturated heterocycles. The van der Waals surface area contributed by atoms with E-state index in [0.29, 0.717) is 13.1 Å². The number of benzene rings is 1. The van der Waals surface area contributed by atoms with Crippen molar-refractivity contribution in [2.45, 2.75) is 13.8 Å². The summed E-state index contributed by atoms with van der Waals surface area (Å²) in [6.07, 6.45) is 0. The lowest BCUT2D eigenvalue weighted by molar-refractivity contribution is -0.118. The smallest absolute Gasteiger partial charge is 0.216 e. The zero-order chi connectivity index (χ0) is 11.3. The normalized spacial score (nSPS) is 9.80. The van der Waals surface area contributed by atoms with Crippen molar-refractivity contribution in [3.63, 3.8) is 0 Å². The third-order valence-corrected chi connectivity index (χ3v) is 2.49. The van der Waals surface area contributed by atoms with Crippen LogP contribution in [-0.4, -0.2) is 19.0 Å². The number of hydrogen-bond acceptors (Lipinski definition) is 2. The molecular weight excluding hydrogens is 212 g/mol. The molecule has 82 valence electrons. The van der Waals surface area contributed by atoms with Gasteiger partial charge in [-0.25, -0.2) is 0 Å². The Kier molecular flexibility index (Phi) is 4.43. The first-order valence-electron chi connectivity index (χ1n) is 4.84. The van der Waals surface area contributed by atoms with E-state index in [4.69, 9.17) is 11.6 Å². The molecule has 1 aromatic carbocycles. The molecule has 15 heavy (non-hydrogen) atoms. The summed E-state index contributed by atoms with van der Waals surface area (Å²) in [4.78, 5) is 10.6. The third-order valence-electron chi connectivity index (χ3n) is 2.08. The number of nitrogens with one attached hydrogen (secondary N) is 2. The molecule has 0 unspecified atom stereocenters. The minimum Gasteiger partial charge on any atom is -0.383 e. The molecule has 0 saturated carbocycles. The maximum absolute atomic E-state index is 10.6. The lowest BCUT2D eigenvalue weighted by atomic mass is 10.2. The zero-order valence-corrected chi connectivity index (χ0v) is 9.69. The van der Waals surface area contributed by atoms with E-state index in [1.54, 1.807) is 0 Å². The molecule has 0 heterocycles. The predicted octanol–water partition coefficient (Wildman–Crippen LogP) is 2.20. The Morgan fingerprint density at radius 1 is 1.40 bits per heavy atom. The maximum Gasteiger partial charge on any atom is 0.216 e. The van der Waals surface area contributed by atoms with Gasteiger partial charge in [0.05, 0.1) is 0 Å². The van der Waals surface area contributed by atoms with E-state index < -0.39 is 0 Å². The van der Waals surface area contributed by atoms with E-state index in [1.165, 1.54) is 6.92 Å². The molecule has 1 amide bonds. The molecule has 0 aliphatic carbocycles. The van der Waals surface area contributed by atoms with Crippen molar-refractivity contribution in [3.8, 4) is 0 Å². The number of halogens is 1. The fourth-order valence-electron chi connectivity index (χ4n) is 1.23. The second-order valence-electron chi connectivity index (χ2n) is 3.32. The minimum atomic E-state index is -0.0142. The molecule has 0 aliphatic rings. The van der Waals surface area contributed by atoms with Crippen LogP contribution in [-0.2, 0) is 4.79 Å². The summed E-state index contributed by atoms with van der Waals surface area (Å²) >= 11 is 5.97. The maximum atomic E-state index is 10.6. The Morgan fingerprint density at radius 3 is 2.80 bits per heavy atom.